The van der Waals surface area contributed by atoms with Gasteiger partial charge in [0.15, 0.2) is 0 Å². The molecular formula is C18H29NS. The zero-order valence-corrected chi connectivity index (χ0v) is 14.2. The van der Waals surface area contributed by atoms with E-state index in [1.807, 2.05) is 0 Å². The molecule has 1 heterocycles. The minimum Gasteiger partial charge on any atom is -0.314 e. The standard InChI is InChI=1S/C18H29NS/c1-5-10-19-14(2)12-18(3,4)13-16-11-15-8-6-7-9-17(15)20-16/h6-9,14,16,19H,5,10-13H2,1-4H3. The Kier molecular flexibility index (Phi) is 5.57. The molecule has 1 aliphatic heterocycles. The highest BCUT2D eigenvalue weighted by atomic mass is 32.2. The number of thioether (sulfide) groups is 1. The topological polar surface area (TPSA) is 12.0 Å². The van der Waals surface area contributed by atoms with E-state index in [1.54, 1.807) is 5.56 Å². The monoisotopic (exact) mass is 291 g/mol. The summed E-state index contributed by atoms with van der Waals surface area (Å²) in [6, 6.07) is 9.53. The van der Waals surface area contributed by atoms with E-state index in [0.717, 1.165) is 11.8 Å². The maximum absolute atomic E-state index is 3.62. The SMILES string of the molecule is CCCNC(C)CC(C)(C)CC1Cc2ccccc2S1. The van der Waals surface area contributed by atoms with Gasteiger partial charge >= 0.3 is 0 Å². The van der Waals surface area contributed by atoms with Crippen molar-refractivity contribution in [2.45, 2.75) is 69.6 Å². The Bertz CT molecular complexity index is 402. The van der Waals surface area contributed by atoms with Gasteiger partial charge in [-0.05, 0) is 56.2 Å². The van der Waals surface area contributed by atoms with Gasteiger partial charge in [-0.1, -0.05) is 39.0 Å². The van der Waals surface area contributed by atoms with Crippen molar-refractivity contribution in [2.75, 3.05) is 6.54 Å². The molecule has 1 aromatic carbocycles. The van der Waals surface area contributed by atoms with Gasteiger partial charge in [0.25, 0.3) is 0 Å². The zero-order valence-electron chi connectivity index (χ0n) is 13.4. The van der Waals surface area contributed by atoms with Crippen LogP contribution >= 0.6 is 11.8 Å². The van der Waals surface area contributed by atoms with E-state index in [2.05, 4.69) is 69.0 Å². The molecule has 1 aliphatic rings. The summed E-state index contributed by atoms with van der Waals surface area (Å²) in [5.41, 5.74) is 1.97. The third kappa shape index (κ3) is 4.53. The van der Waals surface area contributed by atoms with Crippen molar-refractivity contribution in [1.29, 1.82) is 0 Å². The second-order valence-electron chi connectivity index (χ2n) is 6.98. The molecule has 0 spiro atoms. The van der Waals surface area contributed by atoms with E-state index < -0.39 is 0 Å². The Hall–Kier alpha value is -0.470. The largest absolute Gasteiger partial charge is 0.314 e. The summed E-state index contributed by atoms with van der Waals surface area (Å²) in [6.07, 6.45) is 5.05. The number of benzene rings is 1. The van der Waals surface area contributed by atoms with Crippen molar-refractivity contribution in [3.8, 4) is 0 Å². The van der Waals surface area contributed by atoms with Crippen LogP contribution in [0.4, 0.5) is 0 Å². The molecule has 1 aromatic rings. The van der Waals surface area contributed by atoms with Crippen molar-refractivity contribution >= 4 is 11.8 Å². The van der Waals surface area contributed by atoms with Crippen LogP contribution in [0.15, 0.2) is 29.2 Å². The third-order valence-electron chi connectivity index (χ3n) is 4.10. The molecular weight excluding hydrogens is 262 g/mol. The lowest BCUT2D eigenvalue weighted by molar-refractivity contribution is 0.266. The molecule has 0 fully saturated rings. The van der Waals surface area contributed by atoms with Crippen LogP contribution in [0.5, 0.6) is 0 Å². The van der Waals surface area contributed by atoms with Crippen LogP contribution in [0, 0.1) is 5.41 Å². The van der Waals surface area contributed by atoms with E-state index in [-0.39, 0.29) is 0 Å². The first-order chi connectivity index (χ1) is 9.50. The minimum absolute atomic E-state index is 0.417. The molecule has 2 atom stereocenters. The predicted molar refractivity (Wildman–Crippen MR) is 90.6 cm³/mol. The Morgan fingerprint density at radius 3 is 2.80 bits per heavy atom. The van der Waals surface area contributed by atoms with Crippen LogP contribution in [-0.2, 0) is 6.42 Å². The van der Waals surface area contributed by atoms with Crippen molar-refractivity contribution in [3.63, 3.8) is 0 Å². The molecule has 0 aliphatic carbocycles. The lowest BCUT2D eigenvalue weighted by Gasteiger charge is -2.31. The van der Waals surface area contributed by atoms with E-state index in [4.69, 9.17) is 0 Å². The fourth-order valence-electron chi connectivity index (χ4n) is 3.36. The number of hydrogen-bond donors (Lipinski definition) is 1. The molecule has 0 saturated carbocycles. The van der Waals surface area contributed by atoms with Crippen molar-refractivity contribution in [1.82, 2.24) is 5.32 Å². The highest BCUT2D eigenvalue weighted by molar-refractivity contribution is 8.00. The van der Waals surface area contributed by atoms with Gasteiger partial charge in [0, 0.05) is 16.2 Å². The summed E-state index contributed by atoms with van der Waals surface area (Å²) in [6.45, 7) is 10.6. The third-order valence-corrected chi connectivity index (χ3v) is 5.41. The van der Waals surface area contributed by atoms with Gasteiger partial charge in [0.05, 0.1) is 0 Å². The van der Waals surface area contributed by atoms with Crippen LogP contribution in [0.2, 0.25) is 0 Å². The predicted octanol–water partition coefficient (Wildman–Crippen LogP) is 4.90. The summed E-state index contributed by atoms with van der Waals surface area (Å²) in [5, 5.41) is 4.39. The lowest BCUT2D eigenvalue weighted by Crippen LogP contribution is -2.33. The average Bonchev–Trinajstić information content (AvgIpc) is 2.76. The van der Waals surface area contributed by atoms with Crippen LogP contribution < -0.4 is 5.32 Å². The Labute approximate surface area is 128 Å². The van der Waals surface area contributed by atoms with Crippen LogP contribution in [0.1, 0.15) is 52.5 Å². The van der Waals surface area contributed by atoms with Gasteiger partial charge in [-0.3, -0.25) is 0 Å². The zero-order chi connectivity index (χ0) is 14.6. The Balaban J connectivity index is 1.84. The summed E-state index contributed by atoms with van der Waals surface area (Å²) >= 11 is 2.09. The fourth-order valence-corrected chi connectivity index (χ4v) is 4.98. The summed E-state index contributed by atoms with van der Waals surface area (Å²) < 4.78 is 0. The van der Waals surface area contributed by atoms with Crippen molar-refractivity contribution < 1.29 is 0 Å². The van der Waals surface area contributed by atoms with E-state index in [1.165, 1.54) is 30.6 Å². The summed E-state index contributed by atoms with van der Waals surface area (Å²) in [5.74, 6) is 0. The molecule has 2 heteroatoms. The Morgan fingerprint density at radius 1 is 1.35 bits per heavy atom. The van der Waals surface area contributed by atoms with E-state index in [9.17, 15) is 0 Å². The summed E-state index contributed by atoms with van der Waals surface area (Å²) in [7, 11) is 0. The second-order valence-corrected chi connectivity index (χ2v) is 8.32. The highest BCUT2D eigenvalue weighted by Gasteiger charge is 2.29. The first-order valence-electron chi connectivity index (χ1n) is 7.98. The van der Waals surface area contributed by atoms with E-state index in [0.29, 0.717) is 11.5 Å². The molecule has 2 rings (SSSR count). The molecule has 0 aromatic heterocycles. The molecule has 0 saturated heterocycles. The van der Waals surface area contributed by atoms with Gasteiger partial charge in [-0.2, -0.15) is 0 Å². The normalized spacial score (nSPS) is 19.9. The first kappa shape index (κ1) is 15.9. The van der Waals surface area contributed by atoms with Gasteiger partial charge in [-0.15, -0.1) is 11.8 Å². The van der Waals surface area contributed by atoms with Crippen LogP contribution in [-0.4, -0.2) is 17.8 Å². The maximum atomic E-state index is 3.62. The highest BCUT2D eigenvalue weighted by Crippen LogP contribution is 2.43. The molecule has 0 bridgehead atoms. The average molecular weight is 292 g/mol. The quantitative estimate of drug-likeness (QED) is 0.767. The molecule has 1 nitrogen and oxygen atoms in total. The first-order valence-corrected chi connectivity index (χ1v) is 8.86. The molecule has 2 unspecified atom stereocenters. The number of nitrogens with one attached hydrogen (secondary N) is 1. The summed E-state index contributed by atoms with van der Waals surface area (Å²) in [4.78, 5) is 1.51. The molecule has 1 N–H and O–H groups in total. The number of fused-ring (bicyclic) bond motifs is 1. The lowest BCUT2D eigenvalue weighted by atomic mass is 9.81. The Morgan fingerprint density at radius 2 is 2.10 bits per heavy atom. The molecule has 0 amide bonds. The minimum atomic E-state index is 0.417. The maximum Gasteiger partial charge on any atom is 0.0140 e. The van der Waals surface area contributed by atoms with Gasteiger partial charge in [0.2, 0.25) is 0 Å². The van der Waals surface area contributed by atoms with Crippen molar-refractivity contribution in [2.24, 2.45) is 5.41 Å². The molecule has 0 radical (unpaired) electrons. The molecule has 20 heavy (non-hydrogen) atoms. The van der Waals surface area contributed by atoms with Crippen molar-refractivity contribution in [3.05, 3.63) is 29.8 Å². The van der Waals surface area contributed by atoms with Gasteiger partial charge < -0.3 is 5.32 Å². The van der Waals surface area contributed by atoms with Gasteiger partial charge in [-0.25, -0.2) is 0 Å². The van der Waals surface area contributed by atoms with Gasteiger partial charge in [0.1, 0.15) is 0 Å². The van der Waals surface area contributed by atoms with Crippen LogP contribution in [0.25, 0.3) is 0 Å². The second kappa shape index (κ2) is 7.00. The molecule has 112 valence electrons. The number of rotatable bonds is 7. The van der Waals surface area contributed by atoms with Crippen LogP contribution in [0.3, 0.4) is 0 Å². The van der Waals surface area contributed by atoms with E-state index >= 15 is 0 Å². The smallest absolute Gasteiger partial charge is 0.0140 e. The fraction of sp³-hybridized carbons (Fsp3) is 0.667. The number of hydrogen-bond acceptors (Lipinski definition) is 2.